The number of carbonyl (C=O) groups is 3. The van der Waals surface area contributed by atoms with Gasteiger partial charge in [-0.1, -0.05) is 25.3 Å². The van der Waals surface area contributed by atoms with Crippen LogP contribution in [0.5, 0.6) is 0 Å². The highest BCUT2D eigenvalue weighted by atomic mass is 16.5. The maximum atomic E-state index is 12.2. The van der Waals surface area contributed by atoms with Gasteiger partial charge in [-0.2, -0.15) is 0 Å². The van der Waals surface area contributed by atoms with Gasteiger partial charge in [-0.25, -0.2) is 0 Å². The molecule has 1 aromatic carbocycles. The monoisotopic (exact) mass is 273 g/mol. The molecule has 0 aliphatic rings. The number of ether oxygens (including phenoxy) is 1. The van der Waals surface area contributed by atoms with Gasteiger partial charge < -0.3 is 10.5 Å². The summed E-state index contributed by atoms with van der Waals surface area (Å²) >= 11 is 0. The molecule has 1 rings (SSSR count). The first-order valence-electron chi connectivity index (χ1n) is 5.90. The van der Waals surface area contributed by atoms with Crippen LogP contribution >= 0.6 is 0 Å². The van der Waals surface area contributed by atoms with Crippen LogP contribution in [0.25, 0.3) is 0 Å². The van der Waals surface area contributed by atoms with E-state index in [0.717, 1.165) is 6.08 Å². The van der Waals surface area contributed by atoms with Crippen molar-refractivity contribution in [3.63, 3.8) is 0 Å². The lowest BCUT2D eigenvalue weighted by molar-refractivity contribution is 0.0920. The summed E-state index contributed by atoms with van der Waals surface area (Å²) in [7, 11) is 0. The van der Waals surface area contributed by atoms with Crippen LogP contribution in [0, 0.1) is 0 Å². The second-order valence-electron chi connectivity index (χ2n) is 3.85. The first-order chi connectivity index (χ1) is 9.43. The minimum atomic E-state index is -0.799. The average molecular weight is 273 g/mol. The van der Waals surface area contributed by atoms with E-state index in [0.29, 0.717) is 0 Å². The quantitative estimate of drug-likeness (QED) is 0.467. The van der Waals surface area contributed by atoms with Crippen molar-refractivity contribution in [2.75, 3.05) is 6.61 Å². The second-order valence-corrected chi connectivity index (χ2v) is 3.85. The molecule has 0 saturated heterocycles. The fourth-order valence-corrected chi connectivity index (χ4v) is 1.70. The summed E-state index contributed by atoms with van der Waals surface area (Å²) in [6.45, 7) is 8.82. The Kier molecular flexibility index (Phi) is 4.97. The highest BCUT2D eigenvalue weighted by Crippen LogP contribution is 2.19. The van der Waals surface area contributed by atoms with Gasteiger partial charge in [-0.15, -0.1) is 0 Å². The van der Waals surface area contributed by atoms with Gasteiger partial charge in [0.2, 0.25) is 11.7 Å². The summed E-state index contributed by atoms with van der Waals surface area (Å²) < 4.78 is 5.03. The van der Waals surface area contributed by atoms with Crippen molar-refractivity contribution >= 4 is 17.5 Å². The smallest absolute Gasteiger partial charge is 0.249 e. The van der Waals surface area contributed by atoms with Crippen LogP contribution in [-0.2, 0) is 4.74 Å². The largest absolute Gasteiger partial charge is 0.490 e. The molecule has 0 radical (unpaired) electrons. The molecule has 1 amide bonds. The summed E-state index contributed by atoms with van der Waals surface area (Å²) in [5.74, 6) is -2.04. The molecule has 0 aliphatic carbocycles. The van der Waals surface area contributed by atoms with E-state index >= 15 is 0 Å². The number of carbonyl (C=O) groups excluding carboxylic acids is 3. The SMILES string of the molecule is C=CC(=O)c1c(C(N)=O)cccc1C(=O)C(=C)OCC. The van der Waals surface area contributed by atoms with Gasteiger partial charge in [0.05, 0.1) is 12.2 Å². The van der Waals surface area contributed by atoms with Crippen molar-refractivity contribution in [2.45, 2.75) is 6.92 Å². The maximum absolute atomic E-state index is 12.2. The van der Waals surface area contributed by atoms with Crippen LogP contribution in [-0.4, -0.2) is 24.1 Å². The number of rotatable bonds is 7. The summed E-state index contributed by atoms with van der Waals surface area (Å²) in [6, 6.07) is 4.25. The molecule has 0 bridgehead atoms. The fraction of sp³-hybridized carbons (Fsp3) is 0.133. The molecule has 104 valence electrons. The lowest BCUT2D eigenvalue weighted by Gasteiger charge is -2.11. The van der Waals surface area contributed by atoms with Crippen LogP contribution in [0.4, 0.5) is 0 Å². The lowest BCUT2D eigenvalue weighted by Crippen LogP contribution is -2.20. The average Bonchev–Trinajstić information content (AvgIpc) is 2.44. The van der Waals surface area contributed by atoms with E-state index in [2.05, 4.69) is 13.2 Å². The zero-order valence-corrected chi connectivity index (χ0v) is 11.1. The van der Waals surface area contributed by atoms with Crippen LogP contribution in [0.1, 0.15) is 38.0 Å². The summed E-state index contributed by atoms with van der Waals surface area (Å²) in [5, 5.41) is 0. The number of Topliss-reactive ketones (excluding diaryl/α,β-unsaturated/α-hetero) is 1. The van der Waals surface area contributed by atoms with Crippen molar-refractivity contribution in [3.8, 4) is 0 Å². The van der Waals surface area contributed by atoms with Crippen molar-refractivity contribution in [3.05, 3.63) is 59.9 Å². The van der Waals surface area contributed by atoms with Gasteiger partial charge in [0.25, 0.3) is 0 Å². The van der Waals surface area contributed by atoms with Crippen LogP contribution in [0.3, 0.4) is 0 Å². The number of hydrogen-bond donors (Lipinski definition) is 1. The number of amides is 1. The number of ketones is 2. The third-order valence-electron chi connectivity index (χ3n) is 2.58. The van der Waals surface area contributed by atoms with E-state index < -0.39 is 17.5 Å². The van der Waals surface area contributed by atoms with Crippen molar-refractivity contribution in [1.29, 1.82) is 0 Å². The maximum Gasteiger partial charge on any atom is 0.249 e. The lowest BCUT2D eigenvalue weighted by atomic mass is 9.94. The highest BCUT2D eigenvalue weighted by Gasteiger charge is 2.23. The van der Waals surface area contributed by atoms with Crippen molar-refractivity contribution in [2.24, 2.45) is 5.73 Å². The van der Waals surface area contributed by atoms with Gasteiger partial charge in [0.1, 0.15) is 0 Å². The van der Waals surface area contributed by atoms with Gasteiger partial charge >= 0.3 is 0 Å². The Labute approximate surface area is 116 Å². The zero-order chi connectivity index (χ0) is 15.3. The molecule has 0 atom stereocenters. The van der Waals surface area contributed by atoms with Crippen molar-refractivity contribution < 1.29 is 19.1 Å². The van der Waals surface area contributed by atoms with Gasteiger partial charge in [-0.05, 0) is 19.1 Å². The summed E-state index contributed by atoms with van der Waals surface area (Å²) in [4.78, 5) is 35.5. The zero-order valence-electron chi connectivity index (χ0n) is 11.1. The van der Waals surface area contributed by atoms with E-state index in [1.807, 2.05) is 0 Å². The number of benzene rings is 1. The Balaban J connectivity index is 3.47. The van der Waals surface area contributed by atoms with E-state index in [1.54, 1.807) is 6.92 Å². The third kappa shape index (κ3) is 3.00. The van der Waals surface area contributed by atoms with E-state index in [-0.39, 0.29) is 29.1 Å². The fourth-order valence-electron chi connectivity index (χ4n) is 1.70. The van der Waals surface area contributed by atoms with E-state index in [4.69, 9.17) is 10.5 Å². The molecule has 0 aliphatic heterocycles. The van der Waals surface area contributed by atoms with Crippen LogP contribution in [0.15, 0.2) is 43.2 Å². The minimum absolute atomic E-state index is 0.0182. The normalized spacial score (nSPS) is 9.65. The van der Waals surface area contributed by atoms with Crippen LogP contribution in [0.2, 0.25) is 0 Å². The van der Waals surface area contributed by atoms with Crippen LogP contribution < -0.4 is 5.73 Å². The van der Waals surface area contributed by atoms with Gasteiger partial charge in [0.15, 0.2) is 11.5 Å². The Morgan fingerprint density at radius 1 is 1.30 bits per heavy atom. The van der Waals surface area contributed by atoms with Crippen molar-refractivity contribution in [1.82, 2.24) is 0 Å². The molecule has 0 saturated carbocycles. The minimum Gasteiger partial charge on any atom is -0.490 e. The number of allylic oxidation sites excluding steroid dienone is 2. The molecule has 0 heterocycles. The molecule has 20 heavy (non-hydrogen) atoms. The van der Waals surface area contributed by atoms with Gasteiger partial charge in [0, 0.05) is 11.1 Å². The standard InChI is InChI=1S/C15H15NO4/c1-4-12(17)13-10(14(18)9(3)20-5-2)7-6-8-11(13)15(16)19/h4,6-8H,1,3,5H2,2H3,(H2,16,19). The van der Waals surface area contributed by atoms with Gasteiger partial charge in [-0.3, -0.25) is 14.4 Å². The summed E-state index contributed by atoms with van der Waals surface area (Å²) in [6.07, 6.45) is 1.02. The molecular formula is C15H15NO4. The third-order valence-corrected chi connectivity index (χ3v) is 2.58. The second kappa shape index (κ2) is 6.47. The first kappa shape index (κ1) is 15.4. The molecule has 0 unspecified atom stereocenters. The predicted octanol–water partition coefficient (Wildman–Crippen LogP) is 1.89. The Morgan fingerprint density at radius 2 is 1.90 bits per heavy atom. The molecule has 5 heteroatoms. The Hall–Kier alpha value is -2.69. The summed E-state index contributed by atoms with van der Waals surface area (Å²) in [5.41, 5.74) is 5.12. The molecule has 0 fully saturated rings. The number of primary amides is 1. The predicted molar refractivity (Wildman–Crippen MR) is 74.6 cm³/mol. The van der Waals surface area contributed by atoms with E-state index in [1.165, 1.54) is 18.2 Å². The Bertz CT molecular complexity index is 602. The molecule has 1 aromatic rings. The molecule has 2 N–H and O–H groups in total. The molecular weight excluding hydrogens is 258 g/mol. The van der Waals surface area contributed by atoms with E-state index in [9.17, 15) is 14.4 Å². The molecule has 0 aromatic heterocycles. The topological polar surface area (TPSA) is 86.5 Å². The molecule has 5 nitrogen and oxygen atoms in total. The Morgan fingerprint density at radius 3 is 2.40 bits per heavy atom. The first-order valence-corrected chi connectivity index (χ1v) is 5.90. The highest BCUT2D eigenvalue weighted by molar-refractivity contribution is 6.20. The molecule has 0 spiro atoms. The number of nitrogens with two attached hydrogens (primary N) is 1. The number of hydrogen-bond acceptors (Lipinski definition) is 4.